The predicted octanol–water partition coefficient (Wildman–Crippen LogP) is 3.57. The molecule has 5 nitrogen and oxygen atoms in total. The fourth-order valence-electron chi connectivity index (χ4n) is 2.68. The van der Waals surface area contributed by atoms with Gasteiger partial charge in [-0.15, -0.1) is 0 Å². The van der Waals surface area contributed by atoms with Crippen molar-refractivity contribution in [3.05, 3.63) is 28.2 Å². The van der Waals surface area contributed by atoms with Crippen LogP contribution in [0, 0.1) is 0 Å². The van der Waals surface area contributed by atoms with Crippen LogP contribution in [0.1, 0.15) is 31.7 Å². The Morgan fingerprint density at radius 1 is 1.36 bits per heavy atom. The second-order valence-electron chi connectivity index (χ2n) is 5.52. The Balaban J connectivity index is 2.41. The minimum absolute atomic E-state index is 0.110. The van der Waals surface area contributed by atoms with E-state index in [1.165, 1.54) is 0 Å². The summed E-state index contributed by atoms with van der Waals surface area (Å²) >= 11 is 2.91. The number of carbonyl (C=O) groups excluding carboxylic acids is 1. The lowest BCUT2D eigenvalue weighted by atomic mass is 10.1. The molecule has 0 aliphatic carbocycles. The number of nitrogens with zero attached hydrogens (tertiary/aromatic N) is 1. The third-order valence-electron chi connectivity index (χ3n) is 3.86. The molecule has 1 saturated heterocycles. The molecular formula is C15H17BrF3NO4S. The topological polar surface area (TPSA) is 63.7 Å². The van der Waals surface area contributed by atoms with Gasteiger partial charge in [0.05, 0.1) is 17.1 Å². The van der Waals surface area contributed by atoms with Crippen LogP contribution >= 0.6 is 15.9 Å². The molecular weight excluding hydrogens is 427 g/mol. The van der Waals surface area contributed by atoms with Gasteiger partial charge in [0.1, 0.15) is 6.04 Å². The average Bonchev–Trinajstić information content (AvgIpc) is 2.54. The number of halogens is 4. The van der Waals surface area contributed by atoms with E-state index in [1.807, 2.05) is 0 Å². The van der Waals surface area contributed by atoms with Crippen molar-refractivity contribution in [1.29, 1.82) is 0 Å². The SMILES string of the molecule is CCOC(=O)[C@@H]1CCCCN1S(=O)(=O)c1ccc(C(F)(F)F)cc1Br. The van der Waals surface area contributed by atoms with Crippen molar-refractivity contribution in [3.63, 3.8) is 0 Å². The largest absolute Gasteiger partial charge is 0.465 e. The molecule has 1 aromatic carbocycles. The van der Waals surface area contributed by atoms with Crippen molar-refractivity contribution in [2.75, 3.05) is 13.2 Å². The van der Waals surface area contributed by atoms with Gasteiger partial charge in [-0.05, 0) is 60.3 Å². The number of carbonyl (C=O) groups is 1. The average molecular weight is 444 g/mol. The summed E-state index contributed by atoms with van der Waals surface area (Å²) in [5.41, 5.74) is -0.959. The Morgan fingerprint density at radius 2 is 2.04 bits per heavy atom. The Morgan fingerprint density at radius 3 is 2.60 bits per heavy atom. The van der Waals surface area contributed by atoms with Crippen LogP contribution in [0.4, 0.5) is 13.2 Å². The molecule has 1 aliphatic heterocycles. The second-order valence-corrected chi connectivity index (χ2v) is 8.24. The number of benzene rings is 1. The van der Waals surface area contributed by atoms with Crippen LogP contribution in [0.25, 0.3) is 0 Å². The zero-order chi connectivity index (χ0) is 18.8. The number of sulfonamides is 1. The number of alkyl halides is 3. The number of hydrogen-bond acceptors (Lipinski definition) is 4. The van der Waals surface area contributed by atoms with Gasteiger partial charge < -0.3 is 4.74 Å². The predicted molar refractivity (Wildman–Crippen MR) is 87.3 cm³/mol. The van der Waals surface area contributed by atoms with Crippen LogP contribution in [-0.2, 0) is 25.7 Å². The van der Waals surface area contributed by atoms with Gasteiger partial charge in [-0.3, -0.25) is 4.79 Å². The molecule has 1 atom stereocenters. The van der Waals surface area contributed by atoms with Gasteiger partial charge in [-0.25, -0.2) is 8.42 Å². The summed E-state index contributed by atoms with van der Waals surface area (Å²) in [6.07, 6.45) is -3.03. The smallest absolute Gasteiger partial charge is 0.416 e. The number of hydrogen-bond donors (Lipinski definition) is 0. The first kappa shape index (κ1) is 20.2. The molecule has 0 N–H and O–H groups in total. The minimum atomic E-state index is -4.58. The Bertz CT molecular complexity index is 752. The maximum absolute atomic E-state index is 12.9. The Kier molecular flexibility index (Phi) is 6.16. The zero-order valence-electron chi connectivity index (χ0n) is 13.3. The van der Waals surface area contributed by atoms with Crippen LogP contribution in [0.3, 0.4) is 0 Å². The third kappa shape index (κ3) is 4.35. The first-order valence-corrected chi connectivity index (χ1v) is 9.87. The van der Waals surface area contributed by atoms with Crippen LogP contribution < -0.4 is 0 Å². The summed E-state index contributed by atoms with van der Waals surface area (Å²) in [4.78, 5) is 11.8. The summed E-state index contributed by atoms with van der Waals surface area (Å²) in [6, 6.07) is 1.36. The van der Waals surface area contributed by atoms with Crippen LogP contribution in [0.5, 0.6) is 0 Å². The second kappa shape index (κ2) is 7.63. The zero-order valence-corrected chi connectivity index (χ0v) is 15.7. The van der Waals surface area contributed by atoms with E-state index in [1.54, 1.807) is 6.92 Å². The van der Waals surface area contributed by atoms with E-state index < -0.39 is 33.8 Å². The highest BCUT2D eigenvalue weighted by molar-refractivity contribution is 9.10. The van der Waals surface area contributed by atoms with Gasteiger partial charge in [0, 0.05) is 11.0 Å². The lowest BCUT2D eigenvalue weighted by molar-refractivity contribution is -0.148. The number of esters is 1. The van der Waals surface area contributed by atoms with E-state index in [0.29, 0.717) is 25.3 Å². The summed E-state index contributed by atoms with van der Waals surface area (Å²) in [5.74, 6) is -0.645. The standard InChI is InChI=1S/C15H17BrF3NO4S/c1-2-24-14(21)12-5-3-4-8-20(12)25(22,23)13-7-6-10(9-11(13)16)15(17,18)19/h6-7,9,12H,2-5,8H2,1H3/t12-/m0/s1. The number of ether oxygens (including phenoxy) is 1. The molecule has 0 unspecified atom stereocenters. The van der Waals surface area contributed by atoms with Gasteiger partial charge in [-0.2, -0.15) is 17.5 Å². The summed E-state index contributed by atoms with van der Waals surface area (Å²) < 4.78 is 69.8. The monoisotopic (exact) mass is 443 g/mol. The first-order valence-electron chi connectivity index (χ1n) is 7.64. The summed E-state index contributed by atoms with van der Waals surface area (Å²) in [5, 5.41) is 0. The van der Waals surface area contributed by atoms with Crippen molar-refractivity contribution in [2.24, 2.45) is 0 Å². The lowest BCUT2D eigenvalue weighted by Gasteiger charge is -2.33. The highest BCUT2D eigenvalue weighted by Crippen LogP contribution is 2.35. The molecule has 0 radical (unpaired) electrons. The molecule has 10 heteroatoms. The lowest BCUT2D eigenvalue weighted by Crippen LogP contribution is -2.48. The molecule has 1 heterocycles. The molecule has 1 fully saturated rings. The Hall–Kier alpha value is -1.13. The fraction of sp³-hybridized carbons (Fsp3) is 0.533. The van der Waals surface area contributed by atoms with E-state index in [-0.39, 0.29) is 22.5 Å². The van der Waals surface area contributed by atoms with Crippen LogP contribution in [0.15, 0.2) is 27.6 Å². The maximum Gasteiger partial charge on any atom is 0.416 e. The van der Waals surface area contributed by atoms with E-state index in [2.05, 4.69) is 15.9 Å². The highest BCUT2D eigenvalue weighted by Gasteiger charge is 2.40. The van der Waals surface area contributed by atoms with Gasteiger partial charge in [-0.1, -0.05) is 0 Å². The van der Waals surface area contributed by atoms with E-state index in [9.17, 15) is 26.4 Å². The highest BCUT2D eigenvalue weighted by atomic mass is 79.9. The molecule has 1 aliphatic rings. The van der Waals surface area contributed by atoms with Gasteiger partial charge >= 0.3 is 12.1 Å². The van der Waals surface area contributed by atoms with Crippen LogP contribution in [-0.4, -0.2) is 37.9 Å². The molecule has 2 rings (SSSR count). The molecule has 0 bridgehead atoms. The normalized spacial score (nSPS) is 19.6. The summed E-state index contributed by atoms with van der Waals surface area (Å²) in [6.45, 7) is 1.85. The first-order chi connectivity index (χ1) is 11.6. The molecule has 0 amide bonds. The fourth-order valence-corrected chi connectivity index (χ4v) is 5.37. The van der Waals surface area contributed by atoms with Crippen molar-refractivity contribution >= 4 is 31.9 Å². The molecule has 0 saturated carbocycles. The quantitative estimate of drug-likeness (QED) is 0.667. The minimum Gasteiger partial charge on any atom is -0.465 e. The summed E-state index contributed by atoms with van der Waals surface area (Å²) in [7, 11) is -4.15. The molecule has 25 heavy (non-hydrogen) atoms. The third-order valence-corrected chi connectivity index (χ3v) is 6.74. The maximum atomic E-state index is 12.9. The van der Waals surface area contributed by atoms with Crippen molar-refractivity contribution in [3.8, 4) is 0 Å². The van der Waals surface area contributed by atoms with Gasteiger partial charge in [0.2, 0.25) is 10.0 Å². The van der Waals surface area contributed by atoms with E-state index in [4.69, 9.17) is 4.74 Å². The molecule has 1 aromatic rings. The number of piperidine rings is 1. The van der Waals surface area contributed by atoms with Crippen molar-refractivity contribution in [2.45, 2.75) is 43.3 Å². The van der Waals surface area contributed by atoms with Gasteiger partial charge in [0.15, 0.2) is 0 Å². The Labute approximate surface area is 152 Å². The van der Waals surface area contributed by atoms with E-state index in [0.717, 1.165) is 16.4 Å². The van der Waals surface area contributed by atoms with Gasteiger partial charge in [0.25, 0.3) is 0 Å². The molecule has 140 valence electrons. The number of rotatable bonds is 4. The van der Waals surface area contributed by atoms with Crippen molar-refractivity contribution < 1.29 is 31.1 Å². The van der Waals surface area contributed by atoms with Crippen molar-refractivity contribution in [1.82, 2.24) is 4.31 Å². The molecule has 0 spiro atoms. The molecule has 0 aromatic heterocycles. The van der Waals surface area contributed by atoms with E-state index >= 15 is 0 Å². The van der Waals surface area contributed by atoms with Crippen LogP contribution in [0.2, 0.25) is 0 Å².